The Morgan fingerprint density at radius 3 is 1.17 bits per heavy atom. The van der Waals surface area contributed by atoms with E-state index in [9.17, 15) is 0 Å². The third-order valence-electron chi connectivity index (χ3n) is 3.57. The Labute approximate surface area is 111 Å². The average Bonchev–Trinajstić information content (AvgIpc) is 2.25. The highest BCUT2D eigenvalue weighted by molar-refractivity contribution is 5.84. The first-order valence-corrected chi connectivity index (χ1v) is 6.73. The summed E-state index contributed by atoms with van der Waals surface area (Å²) in [6.07, 6.45) is 0. The molecular weight excluding hydrogens is 216 g/mol. The fourth-order valence-electron chi connectivity index (χ4n) is 2.18. The van der Waals surface area contributed by atoms with Crippen LogP contribution in [0.2, 0.25) is 0 Å². The van der Waals surface area contributed by atoms with Crippen molar-refractivity contribution in [3.05, 3.63) is 47.5 Å². The predicted molar refractivity (Wildman–Crippen MR) is 81.3 cm³/mol. The van der Waals surface area contributed by atoms with Crippen LogP contribution >= 0.6 is 0 Å². The largest absolute Gasteiger partial charge is 0.0579 e. The van der Waals surface area contributed by atoms with Gasteiger partial charge in [-0.3, -0.25) is 0 Å². The van der Waals surface area contributed by atoms with E-state index in [4.69, 9.17) is 0 Å². The van der Waals surface area contributed by atoms with Crippen LogP contribution in [-0.4, -0.2) is 0 Å². The number of fused-ring (bicyclic) bond motifs is 1. The lowest BCUT2D eigenvalue weighted by Gasteiger charge is -2.21. The number of rotatable bonds is 0. The maximum Gasteiger partial charge on any atom is -0.0132 e. The molecule has 0 nitrogen and oxygen atoms in total. The van der Waals surface area contributed by atoms with Crippen molar-refractivity contribution in [2.24, 2.45) is 0 Å². The normalized spacial score (nSPS) is 13.0. The van der Waals surface area contributed by atoms with Gasteiger partial charge in [0.1, 0.15) is 0 Å². The Kier molecular flexibility index (Phi) is 3.01. The molecule has 0 N–H and O–H groups in total. The van der Waals surface area contributed by atoms with E-state index in [2.05, 4.69) is 77.9 Å². The van der Waals surface area contributed by atoms with Crippen LogP contribution in [0.4, 0.5) is 0 Å². The molecular formula is C18H24. The van der Waals surface area contributed by atoms with Gasteiger partial charge >= 0.3 is 0 Å². The van der Waals surface area contributed by atoms with Crippen LogP contribution in [0, 0.1) is 0 Å². The molecule has 2 rings (SSSR count). The molecule has 0 heteroatoms. The van der Waals surface area contributed by atoms with Crippen molar-refractivity contribution in [3.63, 3.8) is 0 Å². The van der Waals surface area contributed by atoms with Gasteiger partial charge in [0.25, 0.3) is 0 Å². The highest BCUT2D eigenvalue weighted by Crippen LogP contribution is 2.29. The third kappa shape index (κ3) is 2.58. The Morgan fingerprint density at radius 1 is 0.556 bits per heavy atom. The minimum Gasteiger partial charge on any atom is -0.0579 e. The summed E-state index contributed by atoms with van der Waals surface area (Å²) in [5.41, 5.74) is 3.24. The van der Waals surface area contributed by atoms with E-state index in [-0.39, 0.29) is 10.8 Å². The maximum absolute atomic E-state index is 2.32. The zero-order valence-electron chi connectivity index (χ0n) is 12.5. The molecule has 0 radical (unpaired) electrons. The quantitative estimate of drug-likeness (QED) is 0.575. The molecule has 0 saturated carbocycles. The zero-order chi connectivity index (χ0) is 13.6. The van der Waals surface area contributed by atoms with Gasteiger partial charge < -0.3 is 0 Å². The van der Waals surface area contributed by atoms with Crippen LogP contribution in [0.25, 0.3) is 10.8 Å². The average molecular weight is 240 g/mol. The molecule has 0 fully saturated rings. The number of benzene rings is 2. The van der Waals surface area contributed by atoms with Gasteiger partial charge in [-0.15, -0.1) is 0 Å². The van der Waals surface area contributed by atoms with Gasteiger partial charge in [0.2, 0.25) is 0 Å². The Morgan fingerprint density at radius 2 is 0.889 bits per heavy atom. The maximum atomic E-state index is 2.32. The summed E-state index contributed by atoms with van der Waals surface area (Å²) in [6.45, 7) is 13.6. The van der Waals surface area contributed by atoms with Gasteiger partial charge in [0, 0.05) is 0 Å². The second kappa shape index (κ2) is 4.12. The van der Waals surface area contributed by atoms with Crippen LogP contribution in [0.1, 0.15) is 52.7 Å². The summed E-state index contributed by atoms with van der Waals surface area (Å²) in [5.74, 6) is 0. The van der Waals surface area contributed by atoms with Gasteiger partial charge in [-0.25, -0.2) is 0 Å². The van der Waals surface area contributed by atoms with E-state index in [0.29, 0.717) is 0 Å². The highest BCUT2D eigenvalue weighted by atomic mass is 14.2. The summed E-state index contributed by atoms with van der Waals surface area (Å²) in [7, 11) is 0. The highest BCUT2D eigenvalue weighted by Gasteiger charge is 2.16. The minimum atomic E-state index is 0.219. The lowest BCUT2D eigenvalue weighted by molar-refractivity contribution is 0.589. The number of hydrogen-bond donors (Lipinski definition) is 0. The van der Waals surface area contributed by atoms with E-state index in [0.717, 1.165) is 0 Å². The summed E-state index contributed by atoms with van der Waals surface area (Å²) >= 11 is 0. The van der Waals surface area contributed by atoms with Crippen molar-refractivity contribution < 1.29 is 0 Å². The van der Waals surface area contributed by atoms with E-state index in [1.165, 1.54) is 21.9 Å². The molecule has 2 aromatic rings. The zero-order valence-corrected chi connectivity index (χ0v) is 12.5. The minimum absolute atomic E-state index is 0.219. The van der Waals surface area contributed by atoms with Gasteiger partial charge in [-0.05, 0) is 32.7 Å². The monoisotopic (exact) mass is 240 g/mol. The molecule has 0 unspecified atom stereocenters. The standard InChI is InChI=1S/C18H24/c1-17(2,3)15-9-7-14-12-16(18(4,5)6)10-8-13(14)11-15/h7-12H,1-6H3. The number of hydrogen-bond acceptors (Lipinski definition) is 0. The Hall–Kier alpha value is -1.30. The van der Waals surface area contributed by atoms with E-state index in [1.807, 2.05) is 0 Å². The van der Waals surface area contributed by atoms with E-state index in [1.54, 1.807) is 0 Å². The van der Waals surface area contributed by atoms with E-state index >= 15 is 0 Å². The topological polar surface area (TPSA) is 0 Å². The molecule has 0 aromatic heterocycles. The van der Waals surface area contributed by atoms with Crippen LogP contribution in [0.5, 0.6) is 0 Å². The van der Waals surface area contributed by atoms with Crippen molar-refractivity contribution in [1.82, 2.24) is 0 Å². The molecule has 0 aliphatic carbocycles. The summed E-state index contributed by atoms with van der Waals surface area (Å²) in [6, 6.07) is 13.7. The van der Waals surface area contributed by atoms with Crippen LogP contribution in [0.3, 0.4) is 0 Å². The lowest BCUT2D eigenvalue weighted by Crippen LogP contribution is -2.11. The summed E-state index contributed by atoms with van der Waals surface area (Å²) < 4.78 is 0. The van der Waals surface area contributed by atoms with Crippen molar-refractivity contribution in [2.75, 3.05) is 0 Å². The van der Waals surface area contributed by atoms with E-state index < -0.39 is 0 Å². The smallest absolute Gasteiger partial charge is 0.0132 e. The molecule has 2 aromatic carbocycles. The second-order valence-electron chi connectivity index (χ2n) is 7.28. The van der Waals surface area contributed by atoms with Crippen LogP contribution in [0.15, 0.2) is 36.4 Å². The molecule has 0 amide bonds. The molecule has 0 saturated heterocycles. The SMILES string of the molecule is CC(C)(C)c1ccc2cc(C(C)(C)C)ccc2c1. The first kappa shape index (κ1) is 13.1. The summed E-state index contributed by atoms with van der Waals surface area (Å²) in [5, 5.41) is 2.69. The van der Waals surface area contributed by atoms with Gasteiger partial charge in [0.05, 0.1) is 0 Å². The molecule has 0 spiro atoms. The second-order valence-corrected chi connectivity index (χ2v) is 7.28. The Balaban J connectivity index is 2.56. The van der Waals surface area contributed by atoms with Crippen molar-refractivity contribution in [2.45, 2.75) is 52.4 Å². The first-order valence-electron chi connectivity index (χ1n) is 6.73. The van der Waals surface area contributed by atoms with Gasteiger partial charge in [-0.2, -0.15) is 0 Å². The molecule has 0 atom stereocenters. The van der Waals surface area contributed by atoms with Crippen LogP contribution < -0.4 is 0 Å². The van der Waals surface area contributed by atoms with Gasteiger partial charge in [-0.1, -0.05) is 77.9 Å². The fourth-order valence-corrected chi connectivity index (χ4v) is 2.18. The molecule has 0 bridgehead atoms. The first-order chi connectivity index (χ1) is 8.18. The predicted octanol–water partition coefficient (Wildman–Crippen LogP) is 5.43. The lowest BCUT2D eigenvalue weighted by atomic mass is 9.83. The van der Waals surface area contributed by atoms with Crippen molar-refractivity contribution in [3.8, 4) is 0 Å². The van der Waals surface area contributed by atoms with Crippen molar-refractivity contribution in [1.29, 1.82) is 0 Å². The van der Waals surface area contributed by atoms with Crippen molar-refractivity contribution >= 4 is 10.8 Å². The molecule has 0 aliphatic rings. The fraction of sp³-hybridized carbons (Fsp3) is 0.444. The molecule has 96 valence electrons. The Bertz CT molecular complexity index is 509. The third-order valence-corrected chi connectivity index (χ3v) is 3.57. The molecule has 0 aliphatic heterocycles. The van der Waals surface area contributed by atoms with Crippen LogP contribution in [-0.2, 0) is 10.8 Å². The summed E-state index contributed by atoms with van der Waals surface area (Å²) in [4.78, 5) is 0. The van der Waals surface area contributed by atoms with Gasteiger partial charge in [0.15, 0.2) is 0 Å². The molecule has 18 heavy (non-hydrogen) atoms. The molecule has 0 heterocycles.